The van der Waals surface area contributed by atoms with Crippen LogP contribution in [0.5, 0.6) is 0 Å². The molecule has 0 bridgehead atoms. The van der Waals surface area contributed by atoms with Crippen molar-refractivity contribution in [2.75, 3.05) is 4.90 Å². The quantitative estimate of drug-likeness (QED) is 0.255. The molecule has 0 saturated carbocycles. The lowest BCUT2D eigenvalue weighted by Gasteiger charge is -2.39. The van der Waals surface area contributed by atoms with Crippen LogP contribution in [-0.4, -0.2) is 35.3 Å². The molecule has 2 aliphatic rings. The van der Waals surface area contributed by atoms with Crippen molar-refractivity contribution >= 4 is 29.4 Å². The lowest BCUT2D eigenvalue weighted by atomic mass is 9.73. The Balaban J connectivity index is 1.90. The fourth-order valence-electron chi connectivity index (χ4n) is 5.16. The van der Waals surface area contributed by atoms with E-state index in [1.807, 2.05) is 30.3 Å². The molecule has 5 atom stereocenters. The summed E-state index contributed by atoms with van der Waals surface area (Å²) in [6.07, 6.45) is 0.340. The number of hydrogen-bond donors (Lipinski definition) is 5. The minimum atomic E-state index is -1.62. The maximum Gasteiger partial charge on any atom is 0.240 e. The Morgan fingerprint density at radius 3 is 2.22 bits per heavy atom. The van der Waals surface area contributed by atoms with E-state index in [9.17, 15) is 14.4 Å². The van der Waals surface area contributed by atoms with Crippen molar-refractivity contribution < 1.29 is 14.4 Å². The Hall–Kier alpha value is -3.72. The molecule has 2 aromatic rings. The molecule has 5 unspecified atom stereocenters. The Morgan fingerprint density at radius 1 is 1.09 bits per heavy atom. The molecule has 0 spiro atoms. The van der Waals surface area contributed by atoms with Crippen LogP contribution < -0.4 is 27.0 Å². The van der Waals surface area contributed by atoms with Crippen LogP contribution in [0, 0.1) is 17.2 Å². The fourth-order valence-corrected chi connectivity index (χ4v) is 5.16. The summed E-state index contributed by atoms with van der Waals surface area (Å²) in [7, 11) is 0. The largest absolute Gasteiger partial charge is 0.370 e. The molecule has 2 aromatic carbocycles. The third-order valence-corrected chi connectivity index (χ3v) is 6.46. The van der Waals surface area contributed by atoms with E-state index in [0.29, 0.717) is 12.1 Å². The van der Waals surface area contributed by atoms with Gasteiger partial charge < -0.3 is 16.8 Å². The molecule has 0 aromatic heterocycles. The second kappa shape index (κ2) is 8.08. The van der Waals surface area contributed by atoms with Crippen molar-refractivity contribution in [3.8, 4) is 0 Å². The van der Waals surface area contributed by atoms with Crippen molar-refractivity contribution in [3.05, 3.63) is 66.2 Å². The standard InChI is InChI=1S/C23H26N6O3/c1-2-15(27-22(25)26)23(21(24)32)17-16(18(28-23)13-9-5-3-6-10-13)19(30)29(20(17)31)14-11-7-4-8-12-14/h3-12,15-18,28H,2H2,1H3,(H2,24,32)(H4,25,26,27). The summed E-state index contributed by atoms with van der Waals surface area (Å²) in [6.45, 7) is 1.80. The average Bonchev–Trinajstić information content (AvgIpc) is 3.28. The number of anilines is 1. The van der Waals surface area contributed by atoms with Gasteiger partial charge in [0.1, 0.15) is 5.54 Å². The van der Waals surface area contributed by atoms with Crippen molar-refractivity contribution in [3.63, 3.8) is 0 Å². The van der Waals surface area contributed by atoms with Crippen LogP contribution in [-0.2, 0) is 14.4 Å². The summed E-state index contributed by atoms with van der Waals surface area (Å²) in [5.74, 6) is -3.93. The number of fused-ring (bicyclic) bond motifs is 1. The van der Waals surface area contributed by atoms with E-state index < -0.39 is 47.2 Å². The SMILES string of the molecule is CCC(NC(=N)N)C1(C(N)=O)NC(c2ccccc2)C2C(=O)N(c3ccccc3)C(=O)C21. The number of benzene rings is 2. The molecular formula is C23H26N6O3. The van der Waals surface area contributed by atoms with Crippen LogP contribution in [0.1, 0.15) is 24.9 Å². The average molecular weight is 435 g/mol. The number of nitrogens with two attached hydrogens (primary N) is 2. The number of guanidine groups is 1. The maximum absolute atomic E-state index is 13.7. The van der Waals surface area contributed by atoms with Crippen LogP contribution in [0.3, 0.4) is 0 Å². The highest BCUT2D eigenvalue weighted by Gasteiger charge is 2.70. The third kappa shape index (κ3) is 3.13. The van der Waals surface area contributed by atoms with E-state index in [-0.39, 0.29) is 5.96 Å². The molecule has 2 fully saturated rings. The number of rotatable bonds is 6. The third-order valence-electron chi connectivity index (χ3n) is 6.46. The molecule has 3 amide bonds. The van der Waals surface area contributed by atoms with Gasteiger partial charge in [-0.2, -0.15) is 0 Å². The number of carbonyl (C=O) groups is 3. The number of primary amides is 1. The summed E-state index contributed by atoms with van der Waals surface area (Å²) >= 11 is 0. The molecule has 2 heterocycles. The minimum absolute atomic E-state index is 0.340. The smallest absolute Gasteiger partial charge is 0.240 e. The maximum atomic E-state index is 13.7. The first-order chi connectivity index (χ1) is 15.3. The number of nitrogens with zero attached hydrogens (tertiary/aromatic N) is 1. The van der Waals surface area contributed by atoms with E-state index in [1.54, 1.807) is 37.3 Å². The van der Waals surface area contributed by atoms with Crippen LogP contribution in [0.2, 0.25) is 0 Å². The summed E-state index contributed by atoms with van der Waals surface area (Å²) in [6, 6.07) is 16.4. The van der Waals surface area contributed by atoms with E-state index in [4.69, 9.17) is 16.9 Å². The zero-order valence-electron chi connectivity index (χ0n) is 17.6. The highest BCUT2D eigenvalue weighted by atomic mass is 16.2. The zero-order chi connectivity index (χ0) is 23.0. The second-order valence-electron chi connectivity index (χ2n) is 8.14. The Morgan fingerprint density at radius 2 is 1.69 bits per heavy atom. The molecule has 9 nitrogen and oxygen atoms in total. The molecule has 0 aliphatic carbocycles. The molecule has 7 N–H and O–H groups in total. The van der Waals surface area contributed by atoms with Crippen LogP contribution >= 0.6 is 0 Å². The first-order valence-electron chi connectivity index (χ1n) is 10.5. The van der Waals surface area contributed by atoms with Gasteiger partial charge in [0, 0.05) is 6.04 Å². The molecule has 2 saturated heterocycles. The lowest BCUT2D eigenvalue weighted by molar-refractivity contribution is -0.133. The monoisotopic (exact) mass is 434 g/mol. The van der Waals surface area contributed by atoms with Gasteiger partial charge in [-0.05, 0) is 24.1 Å². The van der Waals surface area contributed by atoms with E-state index in [2.05, 4.69) is 10.6 Å². The zero-order valence-corrected chi connectivity index (χ0v) is 17.6. The van der Waals surface area contributed by atoms with Crippen LogP contribution in [0.15, 0.2) is 60.7 Å². The fraction of sp³-hybridized carbons (Fsp3) is 0.304. The number of para-hydroxylation sites is 1. The predicted molar refractivity (Wildman–Crippen MR) is 119 cm³/mol. The number of imide groups is 1. The van der Waals surface area contributed by atoms with Gasteiger partial charge in [-0.1, -0.05) is 55.5 Å². The second-order valence-corrected chi connectivity index (χ2v) is 8.14. The van der Waals surface area contributed by atoms with Gasteiger partial charge in [0.25, 0.3) is 0 Å². The minimum Gasteiger partial charge on any atom is -0.370 e. The highest BCUT2D eigenvalue weighted by molar-refractivity contribution is 6.24. The molecule has 166 valence electrons. The summed E-state index contributed by atoms with van der Waals surface area (Å²) in [5, 5.41) is 13.7. The molecular weight excluding hydrogens is 408 g/mol. The summed E-state index contributed by atoms with van der Waals surface area (Å²) in [5.41, 5.74) is 11.1. The summed E-state index contributed by atoms with van der Waals surface area (Å²) < 4.78 is 0. The first kappa shape index (κ1) is 21.5. The summed E-state index contributed by atoms with van der Waals surface area (Å²) in [4.78, 5) is 41.6. The number of carbonyl (C=O) groups excluding carboxylic acids is 3. The number of amides is 3. The Labute approximate surface area is 185 Å². The van der Waals surface area contributed by atoms with Gasteiger partial charge in [0.15, 0.2) is 5.96 Å². The highest BCUT2D eigenvalue weighted by Crippen LogP contribution is 2.51. The van der Waals surface area contributed by atoms with Crippen molar-refractivity contribution in [1.29, 1.82) is 5.41 Å². The Kier molecular flexibility index (Phi) is 5.43. The Bertz CT molecular complexity index is 1060. The lowest BCUT2D eigenvalue weighted by Crippen LogP contribution is -2.69. The van der Waals surface area contributed by atoms with E-state index in [0.717, 1.165) is 10.5 Å². The molecule has 4 rings (SSSR count). The van der Waals surface area contributed by atoms with Crippen LogP contribution in [0.25, 0.3) is 0 Å². The molecule has 32 heavy (non-hydrogen) atoms. The van der Waals surface area contributed by atoms with E-state index in [1.165, 1.54) is 0 Å². The van der Waals surface area contributed by atoms with Gasteiger partial charge in [-0.25, -0.2) is 4.90 Å². The van der Waals surface area contributed by atoms with Crippen LogP contribution in [0.4, 0.5) is 5.69 Å². The first-order valence-corrected chi connectivity index (χ1v) is 10.5. The van der Waals surface area contributed by atoms with Gasteiger partial charge in [0.2, 0.25) is 17.7 Å². The predicted octanol–water partition coefficient (Wildman–Crippen LogP) is 0.622. The van der Waals surface area contributed by atoms with Gasteiger partial charge >= 0.3 is 0 Å². The topological polar surface area (TPSA) is 154 Å². The van der Waals surface area contributed by atoms with Crippen molar-refractivity contribution in [1.82, 2.24) is 10.6 Å². The molecule has 0 radical (unpaired) electrons. The van der Waals surface area contributed by atoms with Gasteiger partial charge in [-0.15, -0.1) is 0 Å². The number of hydrogen-bond acceptors (Lipinski definition) is 5. The van der Waals surface area contributed by atoms with Gasteiger partial charge in [-0.3, -0.25) is 25.1 Å². The molecule has 2 aliphatic heterocycles. The van der Waals surface area contributed by atoms with E-state index >= 15 is 0 Å². The number of nitrogens with one attached hydrogen (secondary N) is 3. The van der Waals surface area contributed by atoms with Crippen molar-refractivity contribution in [2.24, 2.45) is 23.3 Å². The normalized spacial score (nSPS) is 27.8. The molecule has 9 heteroatoms. The van der Waals surface area contributed by atoms with Crippen molar-refractivity contribution in [2.45, 2.75) is 31.0 Å². The van der Waals surface area contributed by atoms with Gasteiger partial charge in [0.05, 0.1) is 23.6 Å².